The molecule has 8 heteroatoms. The average Bonchev–Trinajstić information content (AvgIpc) is 3.29. The molecule has 1 aromatic heterocycles. The number of halogens is 2. The number of ether oxygens (including phenoxy) is 3. The molecule has 3 aromatic rings. The van der Waals surface area contributed by atoms with Crippen molar-refractivity contribution in [1.29, 1.82) is 0 Å². The Kier molecular flexibility index (Phi) is 9.80. The van der Waals surface area contributed by atoms with Crippen LogP contribution in [0.5, 0.6) is 11.5 Å². The first kappa shape index (κ1) is 29.9. The quantitative estimate of drug-likeness (QED) is 0.223. The fraction of sp³-hybridized carbons (Fsp3) is 0.433. The van der Waals surface area contributed by atoms with Crippen LogP contribution < -0.4 is 9.47 Å². The number of aryl methyl sites for hydroxylation is 2. The van der Waals surface area contributed by atoms with E-state index in [1.54, 1.807) is 38.3 Å². The van der Waals surface area contributed by atoms with Gasteiger partial charge in [0.15, 0.2) is 5.60 Å². The zero-order valence-electron chi connectivity index (χ0n) is 23.2. The summed E-state index contributed by atoms with van der Waals surface area (Å²) in [5, 5.41) is 1.04. The predicted molar refractivity (Wildman–Crippen MR) is 151 cm³/mol. The Labute approximate surface area is 235 Å². The molecule has 0 saturated heterocycles. The van der Waals surface area contributed by atoms with Gasteiger partial charge in [0, 0.05) is 18.1 Å². The van der Waals surface area contributed by atoms with Crippen molar-refractivity contribution in [2.24, 2.45) is 0 Å². The van der Waals surface area contributed by atoms with E-state index < -0.39 is 17.2 Å². The molecule has 1 heterocycles. The van der Waals surface area contributed by atoms with E-state index in [9.17, 15) is 4.79 Å². The van der Waals surface area contributed by atoms with Gasteiger partial charge in [-0.1, -0.05) is 35.3 Å². The van der Waals surface area contributed by atoms with Gasteiger partial charge in [0.1, 0.15) is 29.5 Å². The van der Waals surface area contributed by atoms with E-state index in [0.717, 1.165) is 22.5 Å². The Balaban J connectivity index is 1.73. The molecule has 0 amide bonds. The molecule has 0 aliphatic carbocycles. The lowest BCUT2D eigenvalue weighted by atomic mass is 10.0. The largest absolute Gasteiger partial charge is 0.491 e. The maximum atomic E-state index is 12.7. The van der Waals surface area contributed by atoms with Gasteiger partial charge in [-0.15, -0.1) is 0 Å². The maximum Gasteiger partial charge on any atom is 0.350 e. The number of carbonyl (C=O) groups is 1. The van der Waals surface area contributed by atoms with Crippen LogP contribution in [-0.2, 0) is 22.6 Å². The molecule has 0 bridgehead atoms. The van der Waals surface area contributed by atoms with Crippen LogP contribution >= 0.6 is 23.2 Å². The van der Waals surface area contributed by atoms with Crippen molar-refractivity contribution in [2.45, 2.75) is 72.8 Å². The molecule has 0 unspecified atom stereocenters. The maximum absolute atomic E-state index is 12.7. The molecule has 0 atom stereocenters. The van der Waals surface area contributed by atoms with Gasteiger partial charge < -0.3 is 18.6 Å². The van der Waals surface area contributed by atoms with Gasteiger partial charge in [-0.2, -0.15) is 0 Å². The molecule has 0 aliphatic rings. The van der Waals surface area contributed by atoms with Crippen LogP contribution in [-0.4, -0.2) is 35.2 Å². The highest BCUT2D eigenvalue weighted by atomic mass is 35.5. The highest BCUT2D eigenvalue weighted by molar-refractivity contribution is 6.35. The minimum Gasteiger partial charge on any atom is -0.491 e. The lowest BCUT2D eigenvalue weighted by Crippen LogP contribution is -2.43. The Morgan fingerprint density at radius 3 is 2.24 bits per heavy atom. The standard InChI is InChI=1S/C30H37Cl2NO5/c1-20-15-22(16-21(2)27(20)37-30(6,7)28(34)38-29(3,4)5)18-33(19-24-9-8-13-35-24)12-14-36-26-11-10-23(31)17-25(26)32/h8-11,13,15-17H,12,14,18-19H2,1-7H3. The summed E-state index contributed by atoms with van der Waals surface area (Å²) in [7, 11) is 0. The summed E-state index contributed by atoms with van der Waals surface area (Å²) in [5.41, 5.74) is 1.28. The van der Waals surface area contributed by atoms with Crippen molar-refractivity contribution in [1.82, 2.24) is 4.90 Å². The van der Waals surface area contributed by atoms with Crippen LogP contribution in [0.15, 0.2) is 53.1 Å². The summed E-state index contributed by atoms with van der Waals surface area (Å²) in [4.78, 5) is 15.0. The van der Waals surface area contributed by atoms with Crippen molar-refractivity contribution in [2.75, 3.05) is 13.2 Å². The van der Waals surface area contributed by atoms with Crippen LogP contribution in [0.25, 0.3) is 0 Å². The molecule has 0 radical (unpaired) electrons. The molecule has 206 valence electrons. The summed E-state index contributed by atoms with van der Waals surface area (Å²) in [5.74, 6) is 1.73. The number of furan rings is 1. The monoisotopic (exact) mass is 561 g/mol. The molecule has 0 saturated carbocycles. The number of esters is 1. The minimum absolute atomic E-state index is 0.404. The molecule has 0 spiro atoms. The SMILES string of the molecule is Cc1cc(CN(CCOc2ccc(Cl)cc2Cl)Cc2ccco2)cc(C)c1OC(C)(C)C(=O)OC(C)(C)C. The molecule has 0 N–H and O–H groups in total. The number of benzene rings is 2. The molecular formula is C30H37Cl2NO5. The third-order valence-corrected chi connectivity index (χ3v) is 6.22. The number of hydrogen-bond acceptors (Lipinski definition) is 6. The highest BCUT2D eigenvalue weighted by Crippen LogP contribution is 2.31. The first-order valence-electron chi connectivity index (χ1n) is 12.6. The van der Waals surface area contributed by atoms with Gasteiger partial charge in [0.2, 0.25) is 0 Å². The van der Waals surface area contributed by atoms with Gasteiger partial charge in [0.25, 0.3) is 0 Å². The van der Waals surface area contributed by atoms with Crippen molar-refractivity contribution in [3.8, 4) is 11.5 Å². The second kappa shape index (κ2) is 12.5. The summed E-state index contributed by atoms with van der Waals surface area (Å²) in [6.45, 7) is 15.3. The Bertz CT molecular complexity index is 1210. The number of hydrogen-bond donors (Lipinski definition) is 0. The molecule has 0 aliphatic heterocycles. The van der Waals surface area contributed by atoms with E-state index in [-0.39, 0.29) is 0 Å². The fourth-order valence-electron chi connectivity index (χ4n) is 3.96. The van der Waals surface area contributed by atoms with Gasteiger partial charge >= 0.3 is 5.97 Å². The van der Waals surface area contributed by atoms with Crippen LogP contribution in [0.3, 0.4) is 0 Å². The Morgan fingerprint density at radius 2 is 1.66 bits per heavy atom. The van der Waals surface area contributed by atoms with Crippen LogP contribution in [0.4, 0.5) is 0 Å². The van der Waals surface area contributed by atoms with Crippen LogP contribution in [0.2, 0.25) is 10.0 Å². The topological polar surface area (TPSA) is 61.1 Å². The van der Waals surface area contributed by atoms with Crippen LogP contribution in [0, 0.1) is 13.8 Å². The number of carbonyl (C=O) groups excluding carboxylic acids is 1. The first-order chi connectivity index (χ1) is 17.7. The summed E-state index contributed by atoms with van der Waals surface area (Å²) >= 11 is 12.3. The average molecular weight is 563 g/mol. The third-order valence-electron chi connectivity index (χ3n) is 5.69. The van der Waals surface area contributed by atoms with Gasteiger partial charge in [-0.3, -0.25) is 4.90 Å². The molecule has 3 rings (SSSR count). The molecule has 6 nitrogen and oxygen atoms in total. The lowest BCUT2D eigenvalue weighted by Gasteiger charge is -2.30. The van der Waals surface area contributed by atoms with Gasteiger partial charge in [-0.25, -0.2) is 4.79 Å². The second-order valence-corrected chi connectivity index (χ2v) is 11.7. The minimum atomic E-state index is -1.13. The number of nitrogens with zero attached hydrogens (tertiary/aromatic N) is 1. The second-order valence-electron chi connectivity index (χ2n) is 10.9. The Hall–Kier alpha value is -2.67. The normalized spacial score (nSPS) is 12.1. The van der Waals surface area contributed by atoms with Crippen molar-refractivity contribution >= 4 is 29.2 Å². The van der Waals surface area contributed by atoms with E-state index in [1.807, 2.05) is 46.8 Å². The zero-order chi connectivity index (χ0) is 28.1. The fourth-order valence-corrected chi connectivity index (χ4v) is 4.43. The summed E-state index contributed by atoms with van der Waals surface area (Å²) in [6, 6.07) is 13.2. The smallest absolute Gasteiger partial charge is 0.350 e. The lowest BCUT2D eigenvalue weighted by molar-refractivity contribution is -0.171. The van der Waals surface area contributed by atoms with Crippen molar-refractivity contribution in [3.05, 3.63) is 81.2 Å². The van der Waals surface area contributed by atoms with E-state index in [0.29, 0.717) is 47.8 Å². The van der Waals surface area contributed by atoms with Crippen molar-refractivity contribution in [3.63, 3.8) is 0 Å². The summed E-state index contributed by atoms with van der Waals surface area (Å²) < 4.78 is 23.3. The molecular weight excluding hydrogens is 525 g/mol. The predicted octanol–water partition coefficient (Wildman–Crippen LogP) is 7.78. The molecule has 0 fully saturated rings. The molecule has 2 aromatic carbocycles. The van der Waals surface area contributed by atoms with Gasteiger partial charge in [-0.05, 0) is 95.5 Å². The highest BCUT2D eigenvalue weighted by Gasteiger charge is 2.35. The van der Waals surface area contributed by atoms with E-state index in [1.165, 1.54) is 0 Å². The Morgan fingerprint density at radius 1 is 0.974 bits per heavy atom. The van der Waals surface area contributed by atoms with Gasteiger partial charge in [0.05, 0.1) is 17.8 Å². The molecule has 38 heavy (non-hydrogen) atoms. The summed E-state index contributed by atoms with van der Waals surface area (Å²) in [6.07, 6.45) is 1.67. The zero-order valence-corrected chi connectivity index (χ0v) is 24.7. The number of rotatable bonds is 11. The van der Waals surface area contributed by atoms with E-state index in [4.69, 9.17) is 41.8 Å². The third kappa shape index (κ3) is 8.69. The van der Waals surface area contributed by atoms with Crippen LogP contribution in [0.1, 0.15) is 57.1 Å². The first-order valence-corrected chi connectivity index (χ1v) is 13.3. The van der Waals surface area contributed by atoms with Crippen molar-refractivity contribution < 1.29 is 23.4 Å². The van der Waals surface area contributed by atoms with E-state index in [2.05, 4.69) is 17.0 Å². The van der Waals surface area contributed by atoms with E-state index >= 15 is 0 Å².